The van der Waals surface area contributed by atoms with Gasteiger partial charge in [0.25, 0.3) is 0 Å². The molecule has 0 spiro atoms. The molecule has 1 atom stereocenters. The molecule has 1 unspecified atom stereocenters. The first-order valence-electron chi connectivity index (χ1n) is 5.23. The second-order valence-electron chi connectivity index (χ2n) is 3.88. The lowest BCUT2D eigenvalue weighted by Crippen LogP contribution is -2.32. The van der Waals surface area contributed by atoms with Crippen molar-refractivity contribution in [3.8, 4) is 0 Å². The van der Waals surface area contributed by atoms with E-state index < -0.39 is 17.7 Å². The fourth-order valence-corrected chi connectivity index (χ4v) is 2.85. The summed E-state index contributed by atoms with van der Waals surface area (Å²) < 4.78 is 30.4. The number of nitrogens with two attached hydrogens (primary N) is 1. The minimum absolute atomic E-state index is 0.157. The van der Waals surface area contributed by atoms with Crippen molar-refractivity contribution in [3.05, 3.63) is 50.2 Å². The first-order chi connectivity index (χ1) is 8.95. The predicted molar refractivity (Wildman–Crippen MR) is 74.1 cm³/mol. The number of hydrazine groups is 1. The number of nitrogens with zero attached hydrogens (tertiary/aromatic N) is 2. The molecule has 102 valence electrons. The number of hydrogen-bond donors (Lipinski definition) is 2. The van der Waals surface area contributed by atoms with Gasteiger partial charge in [-0.25, -0.2) is 14.2 Å². The van der Waals surface area contributed by atoms with Gasteiger partial charge in [0.1, 0.15) is 11.6 Å². The number of hydrogen-bond acceptors (Lipinski definition) is 3. The van der Waals surface area contributed by atoms with E-state index in [-0.39, 0.29) is 5.56 Å². The molecule has 0 fully saturated rings. The van der Waals surface area contributed by atoms with Crippen LogP contribution < -0.4 is 11.3 Å². The van der Waals surface area contributed by atoms with Gasteiger partial charge in [-0.1, -0.05) is 15.9 Å². The molecule has 0 aliphatic carbocycles. The lowest BCUT2D eigenvalue weighted by molar-refractivity contribution is 0.491. The van der Waals surface area contributed by atoms with Gasteiger partial charge in [-0.3, -0.25) is 10.5 Å². The molecule has 2 aromatic rings. The topological polar surface area (TPSA) is 55.9 Å². The maximum atomic E-state index is 14.0. The Morgan fingerprint density at radius 1 is 1.32 bits per heavy atom. The Morgan fingerprint density at radius 2 is 1.89 bits per heavy atom. The number of aromatic nitrogens is 2. The highest BCUT2D eigenvalue weighted by atomic mass is 79.9. The van der Waals surface area contributed by atoms with Gasteiger partial charge in [-0.15, -0.1) is 0 Å². The molecule has 8 heteroatoms. The Bertz CT molecular complexity index is 572. The molecule has 0 aliphatic rings. The number of benzene rings is 1. The third-order valence-electron chi connectivity index (χ3n) is 2.71. The number of nitrogens with one attached hydrogen (secondary N) is 1. The van der Waals surface area contributed by atoms with Crippen molar-refractivity contribution in [1.29, 1.82) is 0 Å². The van der Waals surface area contributed by atoms with Crippen LogP contribution in [0.25, 0.3) is 0 Å². The van der Waals surface area contributed by atoms with Gasteiger partial charge in [-0.05, 0) is 28.1 Å². The van der Waals surface area contributed by atoms with E-state index >= 15 is 0 Å². The maximum absolute atomic E-state index is 14.0. The molecule has 0 aliphatic heterocycles. The van der Waals surface area contributed by atoms with Crippen molar-refractivity contribution >= 4 is 31.9 Å². The summed E-state index contributed by atoms with van der Waals surface area (Å²) in [7, 11) is 1.67. The van der Waals surface area contributed by atoms with Crippen LogP contribution in [0.5, 0.6) is 0 Å². The van der Waals surface area contributed by atoms with Crippen LogP contribution in [0.15, 0.2) is 27.3 Å². The average Bonchev–Trinajstić information content (AvgIpc) is 2.64. The van der Waals surface area contributed by atoms with E-state index in [1.807, 2.05) is 0 Å². The van der Waals surface area contributed by atoms with Crippen LogP contribution in [0, 0.1) is 11.6 Å². The number of halogens is 4. The lowest BCUT2D eigenvalue weighted by Gasteiger charge is -2.19. The molecule has 4 nitrogen and oxygen atoms in total. The zero-order valence-corrected chi connectivity index (χ0v) is 13.0. The van der Waals surface area contributed by atoms with E-state index in [0.29, 0.717) is 14.6 Å². The summed E-state index contributed by atoms with van der Waals surface area (Å²) in [4.78, 5) is 0. The SMILES string of the molecule is Cn1ncc(Br)c1C(NN)c1c(F)cc(Br)cc1F. The molecule has 1 heterocycles. The van der Waals surface area contributed by atoms with Crippen molar-refractivity contribution in [3.63, 3.8) is 0 Å². The third-order valence-corrected chi connectivity index (χ3v) is 3.78. The Balaban J connectivity index is 2.61. The first kappa shape index (κ1) is 14.6. The summed E-state index contributed by atoms with van der Waals surface area (Å²) in [6.45, 7) is 0. The standard InChI is InChI=1S/C11H10Br2F2N4/c1-19-11(6(13)4-17-19)10(18-16)9-7(14)2-5(12)3-8(9)15/h2-4,10,18H,16H2,1H3. The molecule has 0 saturated heterocycles. The molecular formula is C11H10Br2F2N4. The highest BCUT2D eigenvalue weighted by Crippen LogP contribution is 2.32. The van der Waals surface area contributed by atoms with E-state index in [1.54, 1.807) is 7.05 Å². The minimum atomic E-state index is -0.852. The Hall–Kier alpha value is -0.830. The van der Waals surface area contributed by atoms with Gasteiger partial charge in [0.05, 0.1) is 22.4 Å². The van der Waals surface area contributed by atoms with Crippen LogP contribution in [0.1, 0.15) is 17.3 Å². The van der Waals surface area contributed by atoms with Gasteiger partial charge in [0, 0.05) is 17.1 Å². The Morgan fingerprint density at radius 3 is 2.32 bits per heavy atom. The highest BCUT2D eigenvalue weighted by Gasteiger charge is 2.26. The van der Waals surface area contributed by atoms with Crippen molar-refractivity contribution in [2.45, 2.75) is 6.04 Å². The molecule has 0 bridgehead atoms. The highest BCUT2D eigenvalue weighted by molar-refractivity contribution is 9.10. The molecule has 0 saturated carbocycles. The van der Waals surface area contributed by atoms with E-state index in [0.717, 1.165) is 0 Å². The van der Waals surface area contributed by atoms with Crippen LogP contribution in [0.3, 0.4) is 0 Å². The Kier molecular flexibility index (Phi) is 4.34. The minimum Gasteiger partial charge on any atom is -0.271 e. The molecule has 3 N–H and O–H groups in total. The van der Waals surface area contributed by atoms with Gasteiger partial charge in [0.15, 0.2) is 0 Å². The zero-order valence-electron chi connectivity index (χ0n) is 9.79. The second-order valence-corrected chi connectivity index (χ2v) is 5.65. The summed E-state index contributed by atoms with van der Waals surface area (Å²) in [5.74, 6) is 4.07. The summed E-state index contributed by atoms with van der Waals surface area (Å²) in [5, 5.41) is 4.01. The van der Waals surface area contributed by atoms with Crippen LogP contribution in [0.4, 0.5) is 8.78 Å². The van der Waals surface area contributed by atoms with Crippen molar-refractivity contribution in [1.82, 2.24) is 15.2 Å². The average molecular weight is 396 g/mol. The van der Waals surface area contributed by atoms with Crippen LogP contribution in [-0.4, -0.2) is 9.78 Å². The fraction of sp³-hybridized carbons (Fsp3) is 0.182. The molecule has 19 heavy (non-hydrogen) atoms. The van der Waals surface area contributed by atoms with Crippen LogP contribution >= 0.6 is 31.9 Å². The van der Waals surface area contributed by atoms with Crippen molar-refractivity contribution < 1.29 is 8.78 Å². The smallest absolute Gasteiger partial charge is 0.132 e. The summed E-state index contributed by atoms with van der Waals surface area (Å²) >= 11 is 6.32. The second kappa shape index (κ2) is 5.66. The quantitative estimate of drug-likeness (QED) is 0.620. The summed E-state index contributed by atoms with van der Waals surface area (Å²) in [6, 6.07) is 1.52. The first-order valence-corrected chi connectivity index (χ1v) is 6.82. The summed E-state index contributed by atoms with van der Waals surface area (Å²) in [6.07, 6.45) is 1.54. The van der Waals surface area contributed by atoms with Gasteiger partial charge < -0.3 is 0 Å². The normalized spacial score (nSPS) is 12.7. The van der Waals surface area contributed by atoms with Crippen molar-refractivity contribution in [2.24, 2.45) is 12.9 Å². The molecule has 1 aromatic heterocycles. The van der Waals surface area contributed by atoms with E-state index in [2.05, 4.69) is 42.4 Å². The summed E-state index contributed by atoms with van der Waals surface area (Å²) in [5.41, 5.74) is 2.79. The molecular weight excluding hydrogens is 386 g/mol. The van der Waals surface area contributed by atoms with Gasteiger partial charge in [-0.2, -0.15) is 5.10 Å². The molecule has 1 aromatic carbocycles. The number of rotatable bonds is 3. The van der Waals surface area contributed by atoms with E-state index in [4.69, 9.17) is 5.84 Å². The largest absolute Gasteiger partial charge is 0.271 e. The zero-order chi connectivity index (χ0) is 14.2. The fourth-order valence-electron chi connectivity index (χ4n) is 1.87. The van der Waals surface area contributed by atoms with E-state index in [9.17, 15) is 8.78 Å². The van der Waals surface area contributed by atoms with Gasteiger partial charge in [0.2, 0.25) is 0 Å². The Labute approximate surface area is 125 Å². The molecule has 2 rings (SSSR count). The molecule has 0 amide bonds. The van der Waals surface area contributed by atoms with Crippen LogP contribution in [0.2, 0.25) is 0 Å². The predicted octanol–water partition coefficient (Wildman–Crippen LogP) is 2.78. The maximum Gasteiger partial charge on any atom is 0.132 e. The monoisotopic (exact) mass is 394 g/mol. The van der Waals surface area contributed by atoms with Crippen molar-refractivity contribution in [2.75, 3.05) is 0 Å². The van der Waals surface area contributed by atoms with Gasteiger partial charge >= 0.3 is 0 Å². The van der Waals surface area contributed by atoms with Crippen LogP contribution in [-0.2, 0) is 7.05 Å². The van der Waals surface area contributed by atoms with E-state index in [1.165, 1.54) is 23.0 Å². The third kappa shape index (κ3) is 2.71. The molecule has 0 radical (unpaired) electrons. The number of aryl methyl sites for hydroxylation is 1. The lowest BCUT2D eigenvalue weighted by atomic mass is 10.0.